The van der Waals surface area contributed by atoms with E-state index in [-0.39, 0.29) is 11.9 Å². The molecule has 0 radical (unpaired) electrons. The fourth-order valence-electron chi connectivity index (χ4n) is 2.34. The van der Waals surface area contributed by atoms with Crippen LogP contribution in [0.25, 0.3) is 0 Å². The molecule has 1 aliphatic rings. The van der Waals surface area contributed by atoms with Crippen LogP contribution in [0.15, 0.2) is 29.7 Å². The number of rotatable bonds is 3. The molecule has 0 saturated carbocycles. The van der Waals surface area contributed by atoms with Gasteiger partial charge in [-0.1, -0.05) is 17.6 Å². The largest absolute Gasteiger partial charge is 0.409 e. The van der Waals surface area contributed by atoms with Crippen molar-refractivity contribution in [1.29, 1.82) is 0 Å². The van der Waals surface area contributed by atoms with E-state index < -0.39 is 0 Å². The van der Waals surface area contributed by atoms with Gasteiger partial charge < -0.3 is 10.9 Å². The summed E-state index contributed by atoms with van der Waals surface area (Å²) in [6, 6.07) is 3.68. The van der Waals surface area contributed by atoms with Gasteiger partial charge in [-0.2, -0.15) is 0 Å². The van der Waals surface area contributed by atoms with Crippen molar-refractivity contribution in [2.45, 2.75) is 25.3 Å². The van der Waals surface area contributed by atoms with E-state index in [1.54, 1.807) is 12.4 Å². The van der Waals surface area contributed by atoms with E-state index >= 15 is 0 Å². The van der Waals surface area contributed by atoms with Gasteiger partial charge in [0.2, 0.25) is 0 Å². The molecule has 5 heteroatoms. The van der Waals surface area contributed by atoms with Crippen molar-refractivity contribution < 1.29 is 5.21 Å². The highest BCUT2D eigenvalue weighted by atomic mass is 16.4. The normalized spacial score (nSPS) is 20.1. The van der Waals surface area contributed by atoms with Gasteiger partial charge in [0.05, 0.1) is 6.04 Å². The Hall–Kier alpha value is -1.62. The molecule has 3 N–H and O–H groups in total. The number of hydrogen-bond acceptors (Lipinski definition) is 4. The number of amidine groups is 1. The number of piperidine rings is 1. The molecule has 0 aromatic carbocycles. The van der Waals surface area contributed by atoms with Gasteiger partial charge in [0.15, 0.2) is 5.84 Å². The molecule has 92 valence electrons. The summed E-state index contributed by atoms with van der Waals surface area (Å²) in [6.45, 7) is 1.96. The van der Waals surface area contributed by atoms with E-state index in [1.807, 2.05) is 12.1 Å². The number of oxime groups is 1. The van der Waals surface area contributed by atoms with Crippen LogP contribution >= 0.6 is 0 Å². The van der Waals surface area contributed by atoms with Crippen molar-refractivity contribution in [3.8, 4) is 0 Å². The van der Waals surface area contributed by atoms with Crippen LogP contribution in [-0.2, 0) is 0 Å². The molecule has 1 saturated heterocycles. The summed E-state index contributed by atoms with van der Waals surface area (Å²) in [4.78, 5) is 6.34. The third kappa shape index (κ3) is 2.74. The SMILES string of the molecule is NC(=NO)[C@H](c1cccnc1)N1CCCCC1. The topological polar surface area (TPSA) is 74.7 Å². The number of nitrogens with two attached hydrogens (primary N) is 1. The maximum absolute atomic E-state index is 8.91. The van der Waals surface area contributed by atoms with Crippen LogP contribution in [0.2, 0.25) is 0 Å². The van der Waals surface area contributed by atoms with Gasteiger partial charge in [-0.05, 0) is 37.6 Å². The van der Waals surface area contributed by atoms with Crippen molar-refractivity contribution in [3.63, 3.8) is 0 Å². The summed E-state index contributed by atoms with van der Waals surface area (Å²) >= 11 is 0. The van der Waals surface area contributed by atoms with E-state index in [0.29, 0.717) is 0 Å². The first kappa shape index (κ1) is 11.9. The second-order valence-corrected chi connectivity index (χ2v) is 4.31. The first-order valence-electron chi connectivity index (χ1n) is 5.94. The second kappa shape index (κ2) is 5.63. The molecule has 17 heavy (non-hydrogen) atoms. The van der Waals surface area contributed by atoms with Gasteiger partial charge in [-0.25, -0.2) is 0 Å². The van der Waals surface area contributed by atoms with Crippen molar-refractivity contribution in [3.05, 3.63) is 30.1 Å². The molecule has 1 aromatic heterocycles. The highest BCUT2D eigenvalue weighted by Crippen LogP contribution is 2.24. The summed E-state index contributed by atoms with van der Waals surface area (Å²) in [6.07, 6.45) is 7.08. The van der Waals surface area contributed by atoms with Gasteiger partial charge in [0, 0.05) is 12.4 Å². The van der Waals surface area contributed by atoms with Crippen LogP contribution in [0.4, 0.5) is 0 Å². The maximum atomic E-state index is 8.91. The lowest BCUT2D eigenvalue weighted by Crippen LogP contribution is -2.41. The van der Waals surface area contributed by atoms with Crippen molar-refractivity contribution >= 4 is 5.84 Å². The summed E-state index contributed by atoms with van der Waals surface area (Å²) < 4.78 is 0. The first-order chi connectivity index (χ1) is 8.33. The standard InChI is InChI=1S/C12H18N4O/c13-12(15-17)11(10-5-4-6-14-9-10)16-7-2-1-3-8-16/h4-6,9,11,17H,1-3,7-8H2,(H2,13,15)/t11-/m0/s1. The highest BCUT2D eigenvalue weighted by Gasteiger charge is 2.25. The minimum Gasteiger partial charge on any atom is -0.409 e. The van der Waals surface area contributed by atoms with Gasteiger partial charge >= 0.3 is 0 Å². The predicted molar refractivity (Wildman–Crippen MR) is 65.8 cm³/mol. The first-order valence-corrected chi connectivity index (χ1v) is 5.94. The smallest absolute Gasteiger partial charge is 0.161 e. The zero-order chi connectivity index (χ0) is 12.1. The molecular weight excluding hydrogens is 216 g/mol. The lowest BCUT2D eigenvalue weighted by Gasteiger charge is -2.33. The van der Waals surface area contributed by atoms with Crippen LogP contribution in [-0.4, -0.2) is 34.0 Å². The summed E-state index contributed by atoms with van der Waals surface area (Å²) in [5, 5.41) is 12.1. The molecule has 0 unspecified atom stereocenters. The number of nitrogens with zero attached hydrogens (tertiary/aromatic N) is 3. The van der Waals surface area contributed by atoms with Crippen LogP contribution in [0.5, 0.6) is 0 Å². The number of hydrogen-bond donors (Lipinski definition) is 2. The molecule has 2 heterocycles. The fraction of sp³-hybridized carbons (Fsp3) is 0.500. The minimum absolute atomic E-state index is 0.158. The van der Waals surface area contributed by atoms with Gasteiger partial charge in [0.1, 0.15) is 0 Å². The molecule has 0 amide bonds. The van der Waals surface area contributed by atoms with E-state index in [0.717, 1.165) is 31.5 Å². The van der Waals surface area contributed by atoms with Crippen LogP contribution in [0.3, 0.4) is 0 Å². The third-order valence-electron chi connectivity index (χ3n) is 3.15. The van der Waals surface area contributed by atoms with Gasteiger partial charge in [-0.3, -0.25) is 9.88 Å². The van der Waals surface area contributed by atoms with Crippen LogP contribution in [0, 0.1) is 0 Å². The zero-order valence-corrected chi connectivity index (χ0v) is 9.79. The molecular formula is C12H18N4O. The Balaban J connectivity index is 2.25. The Labute approximate surface area is 101 Å². The quantitative estimate of drug-likeness (QED) is 0.358. The molecule has 1 atom stereocenters. The van der Waals surface area contributed by atoms with Crippen molar-refractivity contribution in [1.82, 2.24) is 9.88 Å². The Morgan fingerprint density at radius 1 is 1.41 bits per heavy atom. The highest BCUT2D eigenvalue weighted by molar-refractivity contribution is 5.86. The molecule has 0 bridgehead atoms. The Kier molecular flexibility index (Phi) is 3.93. The Morgan fingerprint density at radius 2 is 2.18 bits per heavy atom. The number of pyridine rings is 1. The lowest BCUT2D eigenvalue weighted by atomic mass is 10.0. The molecule has 1 aliphatic heterocycles. The summed E-state index contributed by atoms with van der Waals surface area (Å²) in [7, 11) is 0. The summed E-state index contributed by atoms with van der Waals surface area (Å²) in [5.74, 6) is 0.236. The lowest BCUT2D eigenvalue weighted by molar-refractivity contribution is 0.196. The van der Waals surface area contributed by atoms with Crippen molar-refractivity contribution in [2.24, 2.45) is 10.9 Å². The number of likely N-dealkylation sites (tertiary alicyclic amines) is 1. The predicted octanol–water partition coefficient (Wildman–Crippen LogP) is 1.35. The van der Waals surface area contributed by atoms with E-state index in [4.69, 9.17) is 10.9 Å². The summed E-state index contributed by atoms with van der Waals surface area (Å²) in [5.41, 5.74) is 6.79. The van der Waals surface area contributed by atoms with Crippen molar-refractivity contribution in [2.75, 3.05) is 13.1 Å². The maximum Gasteiger partial charge on any atom is 0.161 e. The van der Waals surface area contributed by atoms with E-state index in [2.05, 4.69) is 15.0 Å². The molecule has 1 fully saturated rings. The molecule has 1 aromatic rings. The van der Waals surface area contributed by atoms with Gasteiger partial charge in [0.25, 0.3) is 0 Å². The average Bonchev–Trinajstić information content (AvgIpc) is 2.41. The monoisotopic (exact) mass is 234 g/mol. The van der Waals surface area contributed by atoms with E-state index in [1.165, 1.54) is 6.42 Å². The zero-order valence-electron chi connectivity index (χ0n) is 9.79. The minimum atomic E-state index is -0.158. The Morgan fingerprint density at radius 3 is 2.76 bits per heavy atom. The van der Waals surface area contributed by atoms with Crippen LogP contribution in [0.1, 0.15) is 30.9 Å². The molecule has 2 rings (SSSR count). The Bertz CT molecular complexity index is 373. The van der Waals surface area contributed by atoms with Crippen LogP contribution < -0.4 is 5.73 Å². The second-order valence-electron chi connectivity index (χ2n) is 4.31. The number of aromatic nitrogens is 1. The average molecular weight is 234 g/mol. The molecule has 5 nitrogen and oxygen atoms in total. The molecule has 0 aliphatic carbocycles. The molecule has 0 spiro atoms. The fourth-order valence-corrected chi connectivity index (χ4v) is 2.34. The van der Waals surface area contributed by atoms with E-state index in [9.17, 15) is 0 Å². The third-order valence-corrected chi connectivity index (χ3v) is 3.15. The van der Waals surface area contributed by atoms with Gasteiger partial charge in [-0.15, -0.1) is 0 Å².